The Kier molecular flexibility index (Phi) is 4.24. The van der Waals surface area contributed by atoms with Crippen LogP contribution in [0.2, 0.25) is 0 Å². The molecule has 0 saturated carbocycles. The predicted molar refractivity (Wildman–Crippen MR) is 79.0 cm³/mol. The minimum atomic E-state index is 0.539. The Morgan fingerprint density at radius 2 is 2.22 bits per heavy atom. The maximum Gasteiger partial charge on any atom is 0.0336 e. The number of fused-ring (bicyclic) bond motifs is 1. The second-order valence-electron chi connectivity index (χ2n) is 5.26. The highest BCUT2D eigenvalue weighted by Crippen LogP contribution is 2.28. The van der Waals surface area contributed by atoms with E-state index >= 15 is 0 Å². The van der Waals surface area contributed by atoms with E-state index in [4.69, 9.17) is 0 Å². The monoisotopic (exact) mass is 262 g/mol. The van der Waals surface area contributed by atoms with Gasteiger partial charge in [-0.3, -0.25) is 0 Å². The average molecular weight is 262 g/mol. The molecule has 2 nitrogen and oxygen atoms in total. The molecule has 2 unspecified atom stereocenters. The summed E-state index contributed by atoms with van der Waals surface area (Å²) in [7, 11) is 0. The molecule has 1 fully saturated rings. The van der Waals surface area contributed by atoms with E-state index in [1.54, 1.807) is 0 Å². The van der Waals surface area contributed by atoms with Gasteiger partial charge in [0.25, 0.3) is 0 Å². The number of hydrogen-bond acceptors (Lipinski definition) is 3. The van der Waals surface area contributed by atoms with Crippen molar-refractivity contribution in [3.63, 3.8) is 0 Å². The highest BCUT2D eigenvalue weighted by molar-refractivity contribution is 8.00. The summed E-state index contributed by atoms with van der Waals surface area (Å²) >= 11 is 2.14. The maximum absolute atomic E-state index is 3.80. The molecule has 0 bridgehead atoms. The molecular formula is C15H22N2S. The van der Waals surface area contributed by atoms with Crippen molar-refractivity contribution in [2.75, 3.05) is 18.8 Å². The zero-order valence-electron chi connectivity index (χ0n) is 10.8. The van der Waals surface area contributed by atoms with Crippen molar-refractivity contribution < 1.29 is 0 Å². The first-order chi connectivity index (χ1) is 8.93. The Hall–Kier alpha value is -0.510. The largest absolute Gasteiger partial charge is 0.313 e. The van der Waals surface area contributed by atoms with Gasteiger partial charge in [0, 0.05) is 24.4 Å². The highest BCUT2D eigenvalue weighted by Gasteiger charge is 2.20. The van der Waals surface area contributed by atoms with E-state index in [2.05, 4.69) is 46.7 Å². The number of benzene rings is 1. The van der Waals surface area contributed by atoms with E-state index in [0.717, 1.165) is 18.3 Å². The van der Waals surface area contributed by atoms with E-state index in [1.807, 2.05) is 0 Å². The molecule has 0 aliphatic carbocycles. The van der Waals surface area contributed by atoms with Gasteiger partial charge >= 0.3 is 0 Å². The van der Waals surface area contributed by atoms with Crippen LogP contribution in [0.3, 0.4) is 0 Å². The van der Waals surface area contributed by atoms with Gasteiger partial charge in [0.05, 0.1) is 0 Å². The molecule has 0 amide bonds. The summed E-state index contributed by atoms with van der Waals surface area (Å²) < 4.78 is 0. The van der Waals surface area contributed by atoms with Crippen molar-refractivity contribution >= 4 is 11.8 Å². The average Bonchev–Trinajstić information content (AvgIpc) is 2.84. The molecular weight excluding hydrogens is 240 g/mol. The Morgan fingerprint density at radius 3 is 3.11 bits per heavy atom. The fourth-order valence-corrected chi connectivity index (χ4v) is 4.17. The summed E-state index contributed by atoms with van der Waals surface area (Å²) in [5, 5.41) is 8.16. The molecule has 3 rings (SSSR count). The number of thioether (sulfide) groups is 1. The minimum absolute atomic E-state index is 0.539. The Bertz CT molecular complexity index is 388. The zero-order chi connectivity index (χ0) is 12.2. The third-order valence-electron chi connectivity index (χ3n) is 3.97. The van der Waals surface area contributed by atoms with E-state index in [9.17, 15) is 0 Å². The van der Waals surface area contributed by atoms with Crippen molar-refractivity contribution in [1.82, 2.24) is 10.6 Å². The molecule has 0 radical (unpaired) electrons. The van der Waals surface area contributed by atoms with Gasteiger partial charge in [-0.15, -0.1) is 0 Å². The first kappa shape index (κ1) is 12.5. The third-order valence-corrected chi connectivity index (χ3v) is 5.37. The molecule has 3 heteroatoms. The van der Waals surface area contributed by atoms with Crippen LogP contribution < -0.4 is 10.6 Å². The van der Waals surface area contributed by atoms with E-state index < -0.39 is 0 Å². The molecule has 18 heavy (non-hydrogen) atoms. The molecule has 1 saturated heterocycles. The van der Waals surface area contributed by atoms with Crippen LogP contribution >= 0.6 is 11.8 Å². The second-order valence-corrected chi connectivity index (χ2v) is 6.67. The highest BCUT2D eigenvalue weighted by atomic mass is 32.2. The number of nitrogens with one attached hydrogen (secondary N) is 2. The van der Waals surface area contributed by atoms with Crippen molar-refractivity contribution in [1.29, 1.82) is 0 Å². The molecule has 2 aliphatic rings. The summed E-state index contributed by atoms with van der Waals surface area (Å²) in [4.78, 5) is 0. The van der Waals surface area contributed by atoms with Gasteiger partial charge in [0.1, 0.15) is 0 Å². The van der Waals surface area contributed by atoms with Gasteiger partial charge in [0.2, 0.25) is 0 Å². The smallest absolute Gasteiger partial charge is 0.0336 e. The van der Waals surface area contributed by atoms with Gasteiger partial charge in [-0.05, 0) is 42.7 Å². The Morgan fingerprint density at radius 1 is 1.28 bits per heavy atom. The lowest BCUT2D eigenvalue weighted by atomic mass is 9.99. The summed E-state index contributed by atoms with van der Waals surface area (Å²) in [5.41, 5.74) is 2.97. The minimum Gasteiger partial charge on any atom is -0.313 e. The van der Waals surface area contributed by atoms with Gasteiger partial charge < -0.3 is 10.6 Å². The zero-order valence-corrected chi connectivity index (χ0v) is 11.6. The molecule has 2 aliphatic heterocycles. The first-order valence-corrected chi connectivity index (χ1v) is 8.12. The van der Waals surface area contributed by atoms with Gasteiger partial charge in [0.15, 0.2) is 0 Å². The van der Waals surface area contributed by atoms with Crippen LogP contribution in [0, 0.1) is 0 Å². The SMILES string of the molecule is c1ccc2c(c1)CNCCC2NCC1CCCS1. The van der Waals surface area contributed by atoms with Crippen molar-refractivity contribution in [2.24, 2.45) is 0 Å². The van der Waals surface area contributed by atoms with Gasteiger partial charge in [-0.1, -0.05) is 24.3 Å². The molecule has 1 aromatic rings. The number of rotatable bonds is 3. The van der Waals surface area contributed by atoms with Crippen LogP contribution in [-0.4, -0.2) is 24.1 Å². The van der Waals surface area contributed by atoms with Gasteiger partial charge in [-0.25, -0.2) is 0 Å². The lowest BCUT2D eigenvalue weighted by Crippen LogP contribution is -2.28. The molecule has 2 atom stereocenters. The topological polar surface area (TPSA) is 24.1 Å². The molecule has 1 aromatic carbocycles. The Balaban J connectivity index is 1.67. The fraction of sp³-hybridized carbons (Fsp3) is 0.600. The van der Waals surface area contributed by atoms with E-state index in [-0.39, 0.29) is 0 Å². The molecule has 0 spiro atoms. The standard InChI is InChI=1S/C15H22N2S/c1-2-6-14-12(4-1)10-16-8-7-15(14)17-11-13-5-3-9-18-13/h1-2,4,6,13,15-17H,3,5,7-11H2. The van der Waals surface area contributed by atoms with Crippen molar-refractivity contribution in [2.45, 2.75) is 37.1 Å². The van der Waals surface area contributed by atoms with Crippen LogP contribution in [0.15, 0.2) is 24.3 Å². The quantitative estimate of drug-likeness (QED) is 0.876. The second kappa shape index (κ2) is 6.09. The predicted octanol–water partition coefficient (Wildman–Crippen LogP) is 2.71. The van der Waals surface area contributed by atoms with Crippen LogP contribution in [0.25, 0.3) is 0 Å². The molecule has 2 heterocycles. The first-order valence-electron chi connectivity index (χ1n) is 7.07. The third kappa shape index (κ3) is 2.90. The normalized spacial score (nSPS) is 27.8. The molecule has 98 valence electrons. The Labute approximate surface area is 114 Å². The lowest BCUT2D eigenvalue weighted by molar-refractivity contribution is 0.491. The number of hydrogen-bond donors (Lipinski definition) is 2. The van der Waals surface area contributed by atoms with E-state index in [0.29, 0.717) is 6.04 Å². The van der Waals surface area contributed by atoms with Crippen LogP contribution in [0.4, 0.5) is 0 Å². The van der Waals surface area contributed by atoms with Crippen LogP contribution in [0.1, 0.15) is 36.4 Å². The molecule has 2 N–H and O–H groups in total. The van der Waals surface area contributed by atoms with Crippen LogP contribution in [0.5, 0.6) is 0 Å². The van der Waals surface area contributed by atoms with E-state index in [1.165, 1.54) is 42.7 Å². The van der Waals surface area contributed by atoms with Crippen LogP contribution in [-0.2, 0) is 6.54 Å². The van der Waals surface area contributed by atoms with Crippen molar-refractivity contribution in [3.8, 4) is 0 Å². The van der Waals surface area contributed by atoms with Crippen molar-refractivity contribution in [3.05, 3.63) is 35.4 Å². The summed E-state index contributed by atoms with van der Waals surface area (Å²) in [6.07, 6.45) is 4.00. The summed E-state index contributed by atoms with van der Waals surface area (Å²) in [6, 6.07) is 9.41. The lowest BCUT2D eigenvalue weighted by Gasteiger charge is -2.21. The summed E-state index contributed by atoms with van der Waals surface area (Å²) in [6.45, 7) is 3.31. The maximum atomic E-state index is 3.80. The molecule has 0 aromatic heterocycles. The van der Waals surface area contributed by atoms with Gasteiger partial charge in [-0.2, -0.15) is 11.8 Å². The fourth-order valence-electron chi connectivity index (χ4n) is 2.95. The summed E-state index contributed by atoms with van der Waals surface area (Å²) in [5.74, 6) is 1.36.